The van der Waals surface area contributed by atoms with E-state index in [-0.39, 0.29) is 16.9 Å². The van der Waals surface area contributed by atoms with Gasteiger partial charge in [-0.1, -0.05) is 19.9 Å². The van der Waals surface area contributed by atoms with Gasteiger partial charge < -0.3 is 19.9 Å². The van der Waals surface area contributed by atoms with Crippen LogP contribution in [0.15, 0.2) is 53.7 Å². The molecule has 0 saturated carbocycles. The third-order valence-electron chi connectivity index (χ3n) is 6.26. The summed E-state index contributed by atoms with van der Waals surface area (Å²) in [6, 6.07) is 12.0. The van der Waals surface area contributed by atoms with Crippen molar-refractivity contribution in [2.75, 3.05) is 19.0 Å². The van der Waals surface area contributed by atoms with E-state index in [4.69, 9.17) is 19.6 Å². The number of nitrogens with zero attached hydrogens (tertiary/aromatic N) is 3. The van der Waals surface area contributed by atoms with Gasteiger partial charge in [0.05, 0.1) is 13.7 Å². The summed E-state index contributed by atoms with van der Waals surface area (Å²) in [6.07, 6.45) is 1.20. The molecular formula is C26H28N4O4. The Morgan fingerprint density at radius 1 is 1.15 bits per heavy atom. The zero-order valence-electron chi connectivity index (χ0n) is 19.8. The number of anilines is 1. The molecule has 0 saturated heterocycles. The fourth-order valence-electron chi connectivity index (χ4n) is 4.78. The molecule has 2 N–H and O–H groups in total. The third-order valence-corrected chi connectivity index (χ3v) is 6.26. The Labute approximate surface area is 198 Å². The smallest absolute Gasteiger partial charge is 0.226 e. The Hall–Kier alpha value is -3.81. The quantitative estimate of drug-likeness (QED) is 0.569. The molecule has 0 fully saturated rings. The molecule has 2 heterocycles. The number of phenolic OH excluding ortho intramolecular Hbond substituents is 1. The van der Waals surface area contributed by atoms with Crippen molar-refractivity contribution in [2.45, 2.75) is 39.7 Å². The van der Waals surface area contributed by atoms with Gasteiger partial charge in [0.15, 0.2) is 23.1 Å². The first kappa shape index (κ1) is 22.0. The fourth-order valence-corrected chi connectivity index (χ4v) is 4.78. The summed E-state index contributed by atoms with van der Waals surface area (Å²) in [5.74, 6) is 2.61. The van der Waals surface area contributed by atoms with Gasteiger partial charge in [-0.2, -0.15) is 4.98 Å². The van der Waals surface area contributed by atoms with E-state index in [0.717, 1.165) is 23.2 Å². The van der Waals surface area contributed by atoms with Crippen molar-refractivity contribution in [3.05, 3.63) is 59.3 Å². The van der Waals surface area contributed by atoms with Crippen LogP contribution in [0.5, 0.6) is 17.2 Å². The SMILES string of the molecule is CCOc1ccc(C2C3=C(CC(C)(C)CC3=O)Nc3nc(-c4ccc(O)cc4)nn32)cc1OC. The second kappa shape index (κ2) is 8.20. The predicted molar refractivity (Wildman–Crippen MR) is 128 cm³/mol. The van der Waals surface area contributed by atoms with E-state index in [2.05, 4.69) is 19.2 Å². The maximum absolute atomic E-state index is 13.4. The molecule has 1 unspecified atom stereocenters. The van der Waals surface area contributed by atoms with Crippen LogP contribution >= 0.6 is 0 Å². The molecule has 0 radical (unpaired) electrons. The summed E-state index contributed by atoms with van der Waals surface area (Å²) in [6.45, 7) is 6.65. The standard InChI is InChI=1S/C26H28N4O4/c1-5-34-20-11-8-16(12-21(20)33-4)23-22-18(13-26(2,3)14-19(22)32)27-25-28-24(29-30(23)25)15-6-9-17(31)10-7-15/h6-12,23,31H,5,13-14H2,1-4H3,(H,27,28,29). The Bertz CT molecular complexity index is 1290. The number of aromatic hydroxyl groups is 1. The van der Waals surface area contributed by atoms with Gasteiger partial charge in [0.25, 0.3) is 0 Å². The number of hydrogen-bond acceptors (Lipinski definition) is 7. The number of phenols is 1. The highest BCUT2D eigenvalue weighted by atomic mass is 16.5. The number of allylic oxidation sites excluding steroid dienone is 2. The molecule has 1 atom stereocenters. The lowest BCUT2D eigenvalue weighted by atomic mass is 9.73. The Kier molecular flexibility index (Phi) is 5.31. The number of ether oxygens (including phenoxy) is 2. The molecule has 1 aliphatic carbocycles. The second-order valence-electron chi connectivity index (χ2n) is 9.45. The lowest BCUT2D eigenvalue weighted by Crippen LogP contribution is -2.36. The van der Waals surface area contributed by atoms with Crippen molar-refractivity contribution in [3.8, 4) is 28.6 Å². The molecule has 0 amide bonds. The van der Waals surface area contributed by atoms with E-state index in [1.165, 1.54) is 0 Å². The minimum absolute atomic E-state index is 0.101. The number of Topliss-reactive ketones (excluding diaryl/α,β-unsaturated/α-hetero) is 1. The normalized spacial score (nSPS) is 18.7. The van der Waals surface area contributed by atoms with Gasteiger partial charge in [-0.05, 0) is 60.7 Å². The molecule has 34 heavy (non-hydrogen) atoms. The Balaban J connectivity index is 1.67. The first-order valence-corrected chi connectivity index (χ1v) is 11.4. The van der Waals surface area contributed by atoms with Gasteiger partial charge in [0.1, 0.15) is 11.8 Å². The summed E-state index contributed by atoms with van der Waals surface area (Å²) in [7, 11) is 1.60. The van der Waals surface area contributed by atoms with Crippen molar-refractivity contribution in [2.24, 2.45) is 5.41 Å². The van der Waals surface area contributed by atoms with Crippen LogP contribution in [0.3, 0.4) is 0 Å². The van der Waals surface area contributed by atoms with Gasteiger partial charge in [-0.3, -0.25) is 4.79 Å². The number of methoxy groups -OCH3 is 1. The fraction of sp³-hybridized carbons (Fsp3) is 0.346. The molecule has 0 bridgehead atoms. The third kappa shape index (κ3) is 3.79. The molecule has 176 valence electrons. The van der Waals surface area contributed by atoms with Crippen molar-refractivity contribution < 1.29 is 19.4 Å². The molecule has 2 aromatic carbocycles. The number of carbonyl (C=O) groups excluding carboxylic acids is 1. The van der Waals surface area contributed by atoms with Crippen LogP contribution < -0.4 is 14.8 Å². The number of benzene rings is 2. The van der Waals surface area contributed by atoms with E-state index < -0.39 is 6.04 Å². The second-order valence-corrected chi connectivity index (χ2v) is 9.45. The molecule has 0 spiro atoms. The number of fused-ring (bicyclic) bond motifs is 1. The van der Waals surface area contributed by atoms with Gasteiger partial charge in [0, 0.05) is 23.3 Å². The monoisotopic (exact) mass is 460 g/mol. The van der Waals surface area contributed by atoms with Gasteiger partial charge in [0.2, 0.25) is 5.95 Å². The summed E-state index contributed by atoms with van der Waals surface area (Å²) in [5, 5.41) is 17.8. The minimum Gasteiger partial charge on any atom is -0.508 e. The van der Waals surface area contributed by atoms with Gasteiger partial charge in [-0.25, -0.2) is 4.68 Å². The van der Waals surface area contributed by atoms with Crippen molar-refractivity contribution in [1.82, 2.24) is 14.8 Å². The van der Waals surface area contributed by atoms with E-state index >= 15 is 0 Å². The zero-order valence-corrected chi connectivity index (χ0v) is 19.8. The van der Waals surface area contributed by atoms with Crippen LogP contribution in [0.4, 0.5) is 5.95 Å². The van der Waals surface area contributed by atoms with Gasteiger partial charge in [-0.15, -0.1) is 5.10 Å². The highest BCUT2D eigenvalue weighted by Gasteiger charge is 2.42. The lowest BCUT2D eigenvalue weighted by molar-refractivity contribution is -0.118. The number of ketones is 1. The number of hydrogen-bond donors (Lipinski definition) is 2. The maximum atomic E-state index is 13.4. The Morgan fingerprint density at radius 2 is 1.91 bits per heavy atom. The van der Waals surface area contributed by atoms with Crippen molar-refractivity contribution >= 4 is 11.7 Å². The maximum Gasteiger partial charge on any atom is 0.226 e. The van der Waals surface area contributed by atoms with E-state index in [1.54, 1.807) is 36.1 Å². The number of rotatable bonds is 5. The molecule has 1 aromatic heterocycles. The minimum atomic E-state index is -0.446. The Morgan fingerprint density at radius 3 is 2.62 bits per heavy atom. The predicted octanol–water partition coefficient (Wildman–Crippen LogP) is 4.72. The highest BCUT2D eigenvalue weighted by molar-refractivity contribution is 6.00. The van der Waals surface area contributed by atoms with Crippen LogP contribution in [-0.2, 0) is 4.79 Å². The number of nitrogens with one attached hydrogen (secondary N) is 1. The average Bonchev–Trinajstić information content (AvgIpc) is 3.21. The molecule has 1 aliphatic heterocycles. The number of carbonyl (C=O) groups is 1. The highest BCUT2D eigenvalue weighted by Crippen LogP contribution is 2.46. The average molecular weight is 461 g/mol. The summed E-state index contributed by atoms with van der Waals surface area (Å²) < 4.78 is 13.1. The summed E-state index contributed by atoms with van der Waals surface area (Å²) in [5.41, 5.74) is 3.09. The topological polar surface area (TPSA) is 98.5 Å². The molecule has 2 aliphatic rings. The largest absolute Gasteiger partial charge is 0.508 e. The summed E-state index contributed by atoms with van der Waals surface area (Å²) in [4.78, 5) is 18.2. The zero-order chi connectivity index (χ0) is 24.0. The van der Waals surface area contributed by atoms with Crippen LogP contribution in [-0.4, -0.2) is 39.4 Å². The first-order chi connectivity index (χ1) is 16.3. The van der Waals surface area contributed by atoms with Crippen molar-refractivity contribution in [1.29, 1.82) is 0 Å². The van der Waals surface area contributed by atoms with Crippen LogP contribution in [0.2, 0.25) is 0 Å². The molecule has 8 heteroatoms. The molecule has 5 rings (SSSR count). The van der Waals surface area contributed by atoms with E-state index in [1.807, 2.05) is 25.1 Å². The first-order valence-electron chi connectivity index (χ1n) is 11.4. The van der Waals surface area contributed by atoms with E-state index in [9.17, 15) is 9.90 Å². The van der Waals surface area contributed by atoms with Crippen molar-refractivity contribution in [3.63, 3.8) is 0 Å². The lowest BCUT2D eigenvalue weighted by Gasteiger charge is -2.38. The summed E-state index contributed by atoms with van der Waals surface area (Å²) >= 11 is 0. The van der Waals surface area contributed by atoms with Crippen LogP contribution in [0.1, 0.15) is 45.2 Å². The molecule has 8 nitrogen and oxygen atoms in total. The number of aromatic nitrogens is 3. The van der Waals surface area contributed by atoms with Gasteiger partial charge >= 0.3 is 0 Å². The van der Waals surface area contributed by atoms with Crippen LogP contribution in [0.25, 0.3) is 11.4 Å². The van der Waals surface area contributed by atoms with E-state index in [0.29, 0.717) is 41.9 Å². The van der Waals surface area contributed by atoms with Crippen LogP contribution in [0, 0.1) is 5.41 Å². The molecule has 3 aromatic rings. The molecular weight excluding hydrogens is 432 g/mol.